The Labute approximate surface area is 178 Å². The summed E-state index contributed by atoms with van der Waals surface area (Å²) in [6.07, 6.45) is 3.84. The summed E-state index contributed by atoms with van der Waals surface area (Å²) in [5.41, 5.74) is 4.80. The first kappa shape index (κ1) is 19.1. The predicted molar refractivity (Wildman–Crippen MR) is 119 cm³/mol. The molecule has 30 heavy (non-hydrogen) atoms. The lowest BCUT2D eigenvalue weighted by atomic mass is 9.91. The molecule has 0 aliphatic carbocycles. The number of fused-ring (bicyclic) bond motifs is 1. The van der Waals surface area contributed by atoms with Crippen molar-refractivity contribution in [1.82, 2.24) is 14.5 Å². The number of rotatable bonds is 5. The van der Waals surface area contributed by atoms with Gasteiger partial charge in [-0.3, -0.25) is 14.3 Å². The quantitative estimate of drug-likeness (QED) is 0.492. The second-order valence-electron chi connectivity index (χ2n) is 7.75. The van der Waals surface area contributed by atoms with Crippen molar-refractivity contribution in [2.75, 3.05) is 26.3 Å². The van der Waals surface area contributed by atoms with Crippen molar-refractivity contribution in [2.45, 2.75) is 5.92 Å². The highest BCUT2D eigenvalue weighted by atomic mass is 35.5. The molecule has 4 nitrogen and oxygen atoms in total. The average molecular weight is 422 g/mol. The molecule has 0 amide bonds. The van der Waals surface area contributed by atoms with Gasteiger partial charge in [0.25, 0.3) is 5.56 Å². The third-order valence-electron chi connectivity index (χ3n) is 5.87. The SMILES string of the molecule is O=c1cc(-c2ccc(Cl)cc2)ccn1-c1ccc2c(C3CN(CCF)C3)c[nH]c2c1. The van der Waals surface area contributed by atoms with Gasteiger partial charge in [0.2, 0.25) is 0 Å². The molecule has 1 N–H and O–H groups in total. The molecule has 0 saturated carbocycles. The summed E-state index contributed by atoms with van der Waals surface area (Å²) in [7, 11) is 0. The molecule has 0 spiro atoms. The van der Waals surface area contributed by atoms with Gasteiger partial charge >= 0.3 is 0 Å². The zero-order valence-corrected chi connectivity index (χ0v) is 17.1. The van der Waals surface area contributed by atoms with Crippen LogP contribution in [0.2, 0.25) is 5.02 Å². The number of benzene rings is 2. The van der Waals surface area contributed by atoms with Crippen molar-refractivity contribution in [3.63, 3.8) is 0 Å². The highest BCUT2D eigenvalue weighted by Gasteiger charge is 2.29. The van der Waals surface area contributed by atoms with Crippen LogP contribution in [0.25, 0.3) is 27.7 Å². The van der Waals surface area contributed by atoms with E-state index in [1.165, 1.54) is 5.56 Å². The summed E-state index contributed by atoms with van der Waals surface area (Å²) < 4.78 is 14.1. The third-order valence-corrected chi connectivity index (χ3v) is 6.12. The molecule has 4 aromatic rings. The zero-order valence-electron chi connectivity index (χ0n) is 16.3. The maximum atomic E-state index is 12.8. The van der Waals surface area contributed by atoms with Crippen molar-refractivity contribution in [3.05, 3.63) is 87.9 Å². The second-order valence-corrected chi connectivity index (χ2v) is 8.19. The maximum Gasteiger partial charge on any atom is 0.255 e. The summed E-state index contributed by atoms with van der Waals surface area (Å²) >= 11 is 5.95. The molecule has 2 aromatic carbocycles. The monoisotopic (exact) mass is 421 g/mol. The Balaban J connectivity index is 1.42. The molecular weight excluding hydrogens is 401 g/mol. The van der Waals surface area contributed by atoms with Gasteiger partial charge in [-0.25, -0.2) is 4.39 Å². The van der Waals surface area contributed by atoms with E-state index >= 15 is 0 Å². The van der Waals surface area contributed by atoms with Crippen molar-refractivity contribution in [2.24, 2.45) is 0 Å². The van der Waals surface area contributed by atoms with E-state index < -0.39 is 0 Å². The lowest BCUT2D eigenvalue weighted by Crippen LogP contribution is -2.45. The van der Waals surface area contributed by atoms with E-state index in [0.717, 1.165) is 40.8 Å². The first-order valence-corrected chi connectivity index (χ1v) is 10.4. The van der Waals surface area contributed by atoms with Gasteiger partial charge in [0.05, 0.1) is 5.69 Å². The van der Waals surface area contributed by atoms with Crippen LogP contribution in [0.1, 0.15) is 11.5 Å². The van der Waals surface area contributed by atoms with E-state index in [2.05, 4.69) is 16.0 Å². The second kappa shape index (κ2) is 7.74. The molecule has 0 bridgehead atoms. The Morgan fingerprint density at radius 2 is 1.83 bits per heavy atom. The van der Waals surface area contributed by atoms with Crippen LogP contribution >= 0.6 is 11.6 Å². The minimum atomic E-state index is -0.296. The fourth-order valence-electron chi connectivity index (χ4n) is 4.21. The molecule has 152 valence electrons. The van der Waals surface area contributed by atoms with Crippen LogP contribution in [-0.2, 0) is 0 Å². The third kappa shape index (κ3) is 3.44. The predicted octanol–water partition coefficient (Wildman–Crippen LogP) is 5.01. The van der Waals surface area contributed by atoms with Crippen molar-refractivity contribution in [3.8, 4) is 16.8 Å². The van der Waals surface area contributed by atoms with Crippen molar-refractivity contribution >= 4 is 22.5 Å². The number of aromatic amines is 1. The van der Waals surface area contributed by atoms with Gasteiger partial charge < -0.3 is 4.98 Å². The van der Waals surface area contributed by atoms with E-state index in [1.807, 2.05) is 48.7 Å². The summed E-state index contributed by atoms with van der Waals surface area (Å²) in [5, 5.41) is 1.83. The number of nitrogens with one attached hydrogen (secondary N) is 1. The fourth-order valence-corrected chi connectivity index (χ4v) is 4.33. The van der Waals surface area contributed by atoms with Crippen LogP contribution in [0.4, 0.5) is 4.39 Å². The molecule has 1 saturated heterocycles. The number of aromatic nitrogens is 2. The normalized spacial score (nSPS) is 14.9. The molecule has 5 rings (SSSR count). The van der Waals surface area contributed by atoms with Crippen molar-refractivity contribution < 1.29 is 4.39 Å². The Bertz CT molecular complexity index is 1260. The highest BCUT2D eigenvalue weighted by molar-refractivity contribution is 6.30. The van der Waals surface area contributed by atoms with Gasteiger partial charge in [-0.1, -0.05) is 29.8 Å². The van der Waals surface area contributed by atoms with Gasteiger partial charge in [-0.05, 0) is 47.0 Å². The van der Waals surface area contributed by atoms with Gasteiger partial charge in [-0.2, -0.15) is 0 Å². The molecule has 2 aromatic heterocycles. The molecule has 3 heterocycles. The molecule has 0 unspecified atom stereocenters. The highest BCUT2D eigenvalue weighted by Crippen LogP contribution is 2.33. The molecule has 6 heteroatoms. The van der Waals surface area contributed by atoms with Gasteiger partial charge in [-0.15, -0.1) is 0 Å². The van der Waals surface area contributed by atoms with E-state index in [4.69, 9.17) is 11.6 Å². The number of hydrogen-bond acceptors (Lipinski definition) is 2. The Morgan fingerprint density at radius 3 is 2.57 bits per heavy atom. The molecule has 1 fully saturated rings. The topological polar surface area (TPSA) is 41.0 Å². The molecule has 1 aliphatic heterocycles. The van der Waals surface area contributed by atoms with Gasteiger partial charge in [0, 0.05) is 59.9 Å². The number of halogens is 2. The number of hydrogen-bond donors (Lipinski definition) is 1. The fraction of sp³-hybridized carbons (Fsp3) is 0.208. The van der Waals surface area contributed by atoms with E-state index in [1.54, 1.807) is 16.8 Å². The summed E-state index contributed by atoms with van der Waals surface area (Å²) in [6, 6.07) is 17.1. The van der Waals surface area contributed by atoms with Crippen LogP contribution in [0.5, 0.6) is 0 Å². The lowest BCUT2D eigenvalue weighted by molar-refractivity contribution is 0.138. The van der Waals surface area contributed by atoms with E-state index in [-0.39, 0.29) is 12.2 Å². The van der Waals surface area contributed by atoms with Crippen LogP contribution < -0.4 is 5.56 Å². The smallest absolute Gasteiger partial charge is 0.255 e. The van der Waals surface area contributed by atoms with E-state index in [0.29, 0.717) is 17.5 Å². The molecule has 0 atom stereocenters. The van der Waals surface area contributed by atoms with Crippen LogP contribution in [-0.4, -0.2) is 40.8 Å². The minimum absolute atomic E-state index is 0.0885. The van der Waals surface area contributed by atoms with Crippen molar-refractivity contribution in [1.29, 1.82) is 0 Å². The van der Waals surface area contributed by atoms with Crippen LogP contribution in [0, 0.1) is 0 Å². The summed E-state index contributed by atoms with van der Waals surface area (Å²) in [4.78, 5) is 18.2. The first-order chi connectivity index (χ1) is 14.6. The van der Waals surface area contributed by atoms with E-state index in [9.17, 15) is 9.18 Å². The summed E-state index contributed by atoms with van der Waals surface area (Å²) in [5.74, 6) is 0.428. The first-order valence-electron chi connectivity index (χ1n) is 10.0. The standard InChI is InChI=1S/C24H21ClFN3O/c25-19-3-1-16(2-4-19)17-7-9-29(24(30)11-17)20-5-6-21-22(13-27-23(21)12-20)18-14-28(15-18)10-8-26/h1-7,9,11-13,18,27H,8,10,14-15H2. The average Bonchev–Trinajstić information content (AvgIpc) is 3.13. The number of likely N-dealkylation sites (tertiary alicyclic amines) is 1. The Hall–Kier alpha value is -2.89. The number of alkyl halides is 1. The molecule has 0 radical (unpaired) electrons. The number of pyridine rings is 1. The molecular formula is C24H21ClFN3O. The maximum absolute atomic E-state index is 12.8. The number of nitrogens with zero attached hydrogens (tertiary/aromatic N) is 2. The Kier molecular flexibility index (Phi) is 4.93. The van der Waals surface area contributed by atoms with Crippen LogP contribution in [0.15, 0.2) is 71.8 Å². The molecule has 1 aliphatic rings. The minimum Gasteiger partial charge on any atom is -0.361 e. The van der Waals surface area contributed by atoms with Gasteiger partial charge in [0.15, 0.2) is 0 Å². The van der Waals surface area contributed by atoms with Crippen LogP contribution in [0.3, 0.4) is 0 Å². The lowest BCUT2D eigenvalue weighted by Gasteiger charge is -2.38. The number of H-pyrrole nitrogens is 1. The largest absolute Gasteiger partial charge is 0.361 e. The zero-order chi connectivity index (χ0) is 20.7. The van der Waals surface area contributed by atoms with Gasteiger partial charge in [0.1, 0.15) is 6.67 Å². The summed E-state index contributed by atoms with van der Waals surface area (Å²) in [6.45, 7) is 2.00. The Morgan fingerprint density at radius 1 is 1.03 bits per heavy atom.